The van der Waals surface area contributed by atoms with Crippen LogP contribution < -0.4 is 10.9 Å². The Morgan fingerprint density at radius 1 is 1.03 bits per heavy atom. The molecule has 4 rings (SSSR count). The molecule has 0 radical (unpaired) electrons. The summed E-state index contributed by atoms with van der Waals surface area (Å²) in [6.45, 7) is 0. The van der Waals surface area contributed by atoms with Crippen LogP contribution in [0.5, 0.6) is 0 Å². The molecule has 0 aliphatic carbocycles. The van der Waals surface area contributed by atoms with Crippen molar-refractivity contribution in [2.45, 2.75) is 0 Å². The van der Waals surface area contributed by atoms with Crippen molar-refractivity contribution in [2.24, 2.45) is 4.99 Å². The fraction of sp³-hybridized carbons (Fsp3) is 0. The highest BCUT2D eigenvalue weighted by Crippen LogP contribution is 2.21. The quantitative estimate of drug-likeness (QED) is 0.452. The van der Waals surface area contributed by atoms with Crippen molar-refractivity contribution in [2.75, 3.05) is 5.32 Å². The SMILES string of the molecule is O=C(Nc1ccccn1)c1cc2cc(Br)ccc2oc1=Nc1ccc(F)c(F)c1. The van der Waals surface area contributed by atoms with Crippen molar-refractivity contribution in [1.82, 2.24) is 4.98 Å². The smallest absolute Gasteiger partial charge is 0.262 e. The van der Waals surface area contributed by atoms with Crippen molar-refractivity contribution in [3.05, 3.63) is 94.1 Å². The van der Waals surface area contributed by atoms with E-state index in [2.05, 4.69) is 31.2 Å². The molecule has 0 aliphatic rings. The lowest BCUT2D eigenvalue weighted by Gasteiger charge is -2.07. The van der Waals surface area contributed by atoms with Gasteiger partial charge in [-0.3, -0.25) is 4.79 Å². The van der Waals surface area contributed by atoms with Gasteiger partial charge in [-0.2, -0.15) is 0 Å². The van der Waals surface area contributed by atoms with Crippen molar-refractivity contribution >= 4 is 44.3 Å². The Balaban J connectivity index is 1.87. The van der Waals surface area contributed by atoms with E-state index in [9.17, 15) is 13.6 Å². The highest BCUT2D eigenvalue weighted by Gasteiger charge is 2.14. The minimum atomic E-state index is -1.05. The van der Waals surface area contributed by atoms with Crippen LogP contribution in [-0.4, -0.2) is 10.9 Å². The molecule has 0 aliphatic heterocycles. The van der Waals surface area contributed by atoms with Crippen LogP contribution in [-0.2, 0) is 0 Å². The third kappa shape index (κ3) is 4.22. The Bertz CT molecular complexity index is 1290. The van der Waals surface area contributed by atoms with Gasteiger partial charge in [-0.15, -0.1) is 0 Å². The van der Waals surface area contributed by atoms with Crippen LogP contribution in [0.4, 0.5) is 20.3 Å². The summed E-state index contributed by atoms with van der Waals surface area (Å²) >= 11 is 3.38. The van der Waals surface area contributed by atoms with Gasteiger partial charge in [0.1, 0.15) is 17.0 Å². The molecule has 8 heteroatoms. The Morgan fingerprint density at radius 2 is 1.90 bits per heavy atom. The fourth-order valence-corrected chi connectivity index (χ4v) is 3.02. The van der Waals surface area contributed by atoms with Crippen LogP contribution in [0.1, 0.15) is 10.4 Å². The maximum atomic E-state index is 13.6. The Morgan fingerprint density at radius 3 is 2.66 bits per heavy atom. The zero-order valence-electron chi connectivity index (χ0n) is 14.7. The standard InChI is InChI=1S/C21H12BrF2N3O2/c22-13-4-7-18-12(9-13)10-15(20(28)27-19-3-1-2-8-25-19)21(29-18)26-14-5-6-16(23)17(24)11-14/h1-11H,(H,25,27,28). The zero-order chi connectivity index (χ0) is 20.4. The van der Waals surface area contributed by atoms with Crippen LogP contribution in [0, 0.1) is 11.6 Å². The molecule has 2 heterocycles. The lowest BCUT2D eigenvalue weighted by Crippen LogP contribution is -2.22. The molecule has 29 heavy (non-hydrogen) atoms. The number of nitrogens with zero attached hydrogens (tertiary/aromatic N) is 2. The monoisotopic (exact) mass is 455 g/mol. The molecule has 4 aromatic rings. The van der Waals surface area contributed by atoms with E-state index in [4.69, 9.17) is 4.42 Å². The lowest BCUT2D eigenvalue weighted by molar-refractivity contribution is 0.102. The molecule has 0 saturated heterocycles. The topological polar surface area (TPSA) is 67.5 Å². The summed E-state index contributed by atoms with van der Waals surface area (Å²) in [6, 6.07) is 15.2. The van der Waals surface area contributed by atoms with Crippen molar-refractivity contribution < 1.29 is 18.0 Å². The average molecular weight is 456 g/mol. The van der Waals surface area contributed by atoms with E-state index in [-0.39, 0.29) is 16.8 Å². The zero-order valence-corrected chi connectivity index (χ0v) is 16.3. The first-order chi connectivity index (χ1) is 14.0. The lowest BCUT2D eigenvalue weighted by atomic mass is 10.1. The second-order valence-corrected chi connectivity index (χ2v) is 6.94. The number of nitrogens with one attached hydrogen (secondary N) is 1. The van der Waals surface area contributed by atoms with Crippen LogP contribution >= 0.6 is 15.9 Å². The molecular weight excluding hydrogens is 444 g/mol. The number of hydrogen-bond acceptors (Lipinski definition) is 4. The Kier molecular flexibility index (Phi) is 5.18. The summed E-state index contributed by atoms with van der Waals surface area (Å²) in [5.41, 5.74) is 0.658. The van der Waals surface area contributed by atoms with Crippen LogP contribution in [0.15, 0.2) is 80.7 Å². The third-order valence-corrected chi connectivity index (χ3v) is 4.49. The highest BCUT2D eigenvalue weighted by molar-refractivity contribution is 9.10. The number of anilines is 1. The first kappa shape index (κ1) is 18.9. The van der Waals surface area contributed by atoms with Crippen LogP contribution in [0.2, 0.25) is 0 Å². The number of halogens is 3. The largest absolute Gasteiger partial charge is 0.438 e. The fourth-order valence-electron chi connectivity index (χ4n) is 2.64. The normalized spacial score (nSPS) is 11.6. The highest BCUT2D eigenvalue weighted by atomic mass is 79.9. The molecule has 0 unspecified atom stereocenters. The number of fused-ring (bicyclic) bond motifs is 1. The van der Waals surface area contributed by atoms with Crippen molar-refractivity contribution in [1.29, 1.82) is 0 Å². The molecule has 1 N–H and O–H groups in total. The maximum absolute atomic E-state index is 13.6. The van der Waals surface area contributed by atoms with Crippen LogP contribution in [0.3, 0.4) is 0 Å². The molecule has 0 saturated carbocycles. The molecule has 2 aromatic carbocycles. The summed E-state index contributed by atoms with van der Waals surface area (Å²) in [4.78, 5) is 21.1. The number of carbonyl (C=O) groups is 1. The van der Waals surface area contributed by atoms with Crippen molar-refractivity contribution in [3.8, 4) is 0 Å². The Hall–Kier alpha value is -3.39. The second kappa shape index (κ2) is 7.92. The van der Waals surface area contributed by atoms with E-state index >= 15 is 0 Å². The summed E-state index contributed by atoms with van der Waals surface area (Å²) < 4.78 is 33.4. The van der Waals surface area contributed by atoms with Gasteiger partial charge >= 0.3 is 0 Å². The van der Waals surface area contributed by atoms with Gasteiger partial charge in [-0.25, -0.2) is 18.8 Å². The first-order valence-electron chi connectivity index (χ1n) is 8.45. The molecule has 0 atom stereocenters. The van der Waals surface area contributed by atoms with E-state index in [1.165, 1.54) is 6.07 Å². The van der Waals surface area contributed by atoms with Gasteiger partial charge in [-0.05, 0) is 48.5 Å². The molecule has 0 spiro atoms. The van der Waals surface area contributed by atoms with E-state index in [1.54, 1.807) is 48.7 Å². The predicted octanol–water partition coefficient (Wildman–Crippen LogP) is 5.35. The van der Waals surface area contributed by atoms with Gasteiger partial charge in [-0.1, -0.05) is 22.0 Å². The average Bonchev–Trinajstić information content (AvgIpc) is 2.71. The van der Waals surface area contributed by atoms with E-state index in [1.807, 2.05) is 0 Å². The van der Waals surface area contributed by atoms with Gasteiger partial charge in [0.25, 0.3) is 5.91 Å². The van der Waals surface area contributed by atoms with E-state index in [0.717, 1.165) is 16.6 Å². The van der Waals surface area contributed by atoms with Gasteiger partial charge < -0.3 is 9.73 Å². The number of aromatic nitrogens is 1. The summed E-state index contributed by atoms with van der Waals surface area (Å²) in [7, 11) is 0. The van der Waals surface area contributed by atoms with E-state index in [0.29, 0.717) is 16.8 Å². The van der Waals surface area contributed by atoms with Crippen LogP contribution in [0.25, 0.3) is 11.0 Å². The number of amides is 1. The summed E-state index contributed by atoms with van der Waals surface area (Å²) in [5.74, 6) is -2.19. The minimum absolute atomic E-state index is 0.0424. The number of pyridine rings is 1. The van der Waals surface area contributed by atoms with Gasteiger partial charge in [0.15, 0.2) is 11.6 Å². The maximum Gasteiger partial charge on any atom is 0.262 e. The minimum Gasteiger partial charge on any atom is -0.438 e. The molecule has 0 bridgehead atoms. The number of benzene rings is 2. The summed E-state index contributed by atoms with van der Waals surface area (Å²) in [6.07, 6.45) is 1.55. The molecule has 0 fully saturated rings. The second-order valence-electron chi connectivity index (χ2n) is 6.03. The summed E-state index contributed by atoms with van der Waals surface area (Å²) in [5, 5.41) is 3.33. The Labute approximate surface area is 171 Å². The first-order valence-corrected chi connectivity index (χ1v) is 9.24. The number of rotatable bonds is 3. The molecule has 1 amide bonds. The predicted molar refractivity (Wildman–Crippen MR) is 108 cm³/mol. The van der Waals surface area contributed by atoms with Gasteiger partial charge in [0.2, 0.25) is 5.55 Å². The molecular formula is C21H12BrF2N3O2. The number of carbonyl (C=O) groups excluding carboxylic acids is 1. The van der Waals surface area contributed by atoms with Crippen molar-refractivity contribution in [3.63, 3.8) is 0 Å². The van der Waals surface area contributed by atoms with Gasteiger partial charge in [0.05, 0.1) is 5.69 Å². The number of hydrogen-bond donors (Lipinski definition) is 1. The third-order valence-electron chi connectivity index (χ3n) is 3.99. The molecule has 144 valence electrons. The van der Waals surface area contributed by atoms with E-state index < -0.39 is 17.5 Å². The molecule has 5 nitrogen and oxygen atoms in total. The molecule has 2 aromatic heterocycles. The van der Waals surface area contributed by atoms with Gasteiger partial charge in [0, 0.05) is 22.1 Å².